The van der Waals surface area contributed by atoms with E-state index < -0.39 is 11.9 Å². The Morgan fingerprint density at radius 2 is 2.00 bits per heavy atom. The van der Waals surface area contributed by atoms with E-state index >= 15 is 0 Å². The fourth-order valence-corrected chi connectivity index (χ4v) is 2.59. The number of carbonyl (C=O) groups excluding carboxylic acids is 1. The van der Waals surface area contributed by atoms with Gasteiger partial charge in [0.05, 0.1) is 5.92 Å². The van der Waals surface area contributed by atoms with E-state index in [-0.39, 0.29) is 18.4 Å². The van der Waals surface area contributed by atoms with Gasteiger partial charge in [0, 0.05) is 25.2 Å². The zero-order valence-corrected chi connectivity index (χ0v) is 12.5. The Morgan fingerprint density at radius 3 is 2.67 bits per heavy atom. The summed E-state index contributed by atoms with van der Waals surface area (Å²) in [4.78, 5) is 23.3. The van der Waals surface area contributed by atoms with E-state index in [0.717, 1.165) is 18.7 Å². The maximum atomic E-state index is 12.1. The van der Waals surface area contributed by atoms with Gasteiger partial charge < -0.3 is 15.7 Å². The minimum absolute atomic E-state index is 0.168. The van der Waals surface area contributed by atoms with E-state index in [4.69, 9.17) is 0 Å². The standard InChI is InChI=1S/C16H22N2O3/c1-10(2)5-14(16(20)21)9-18-15(19)11-3-4-12-7-17-8-13(12)6-11/h3-4,6,10,14,17H,5,7-9H2,1-2H3,(H,18,19)(H,20,21). The molecular formula is C16H22N2O3. The molecule has 5 nitrogen and oxygen atoms in total. The Morgan fingerprint density at radius 1 is 1.29 bits per heavy atom. The number of fused-ring (bicyclic) bond motifs is 1. The van der Waals surface area contributed by atoms with Gasteiger partial charge in [0.25, 0.3) is 5.91 Å². The summed E-state index contributed by atoms with van der Waals surface area (Å²) in [6.45, 7) is 5.74. The number of carboxylic acids is 1. The molecule has 1 unspecified atom stereocenters. The molecular weight excluding hydrogens is 268 g/mol. The van der Waals surface area contributed by atoms with Crippen LogP contribution in [0.5, 0.6) is 0 Å². The lowest BCUT2D eigenvalue weighted by atomic mass is 9.97. The second-order valence-electron chi connectivity index (χ2n) is 5.96. The van der Waals surface area contributed by atoms with E-state index in [1.807, 2.05) is 26.0 Å². The van der Waals surface area contributed by atoms with Crippen molar-refractivity contribution < 1.29 is 14.7 Å². The summed E-state index contributed by atoms with van der Waals surface area (Å²) in [6.07, 6.45) is 0.559. The van der Waals surface area contributed by atoms with Crippen molar-refractivity contribution in [2.45, 2.75) is 33.4 Å². The van der Waals surface area contributed by atoms with Crippen LogP contribution in [0.2, 0.25) is 0 Å². The van der Waals surface area contributed by atoms with Crippen LogP contribution in [0.1, 0.15) is 41.8 Å². The lowest BCUT2D eigenvalue weighted by molar-refractivity contribution is -0.142. The van der Waals surface area contributed by atoms with Crippen molar-refractivity contribution in [1.82, 2.24) is 10.6 Å². The highest BCUT2D eigenvalue weighted by Gasteiger charge is 2.20. The molecule has 21 heavy (non-hydrogen) atoms. The molecule has 5 heteroatoms. The molecule has 0 bridgehead atoms. The van der Waals surface area contributed by atoms with Crippen molar-refractivity contribution in [3.8, 4) is 0 Å². The van der Waals surface area contributed by atoms with Gasteiger partial charge >= 0.3 is 5.97 Å². The zero-order chi connectivity index (χ0) is 15.4. The zero-order valence-electron chi connectivity index (χ0n) is 12.5. The first-order valence-corrected chi connectivity index (χ1v) is 7.31. The fourth-order valence-electron chi connectivity index (χ4n) is 2.59. The number of rotatable bonds is 6. The van der Waals surface area contributed by atoms with Gasteiger partial charge in [-0.15, -0.1) is 0 Å². The fraction of sp³-hybridized carbons (Fsp3) is 0.500. The van der Waals surface area contributed by atoms with Gasteiger partial charge in [-0.3, -0.25) is 9.59 Å². The molecule has 114 valence electrons. The monoisotopic (exact) mass is 290 g/mol. The number of hydrogen-bond acceptors (Lipinski definition) is 3. The number of carbonyl (C=O) groups is 2. The molecule has 1 aliphatic rings. The summed E-state index contributed by atoms with van der Waals surface area (Å²) in [6, 6.07) is 5.62. The topological polar surface area (TPSA) is 78.4 Å². The first kappa shape index (κ1) is 15.5. The van der Waals surface area contributed by atoms with E-state index in [2.05, 4.69) is 10.6 Å². The molecule has 1 aromatic rings. The molecule has 1 aliphatic heterocycles. The number of aliphatic carboxylic acids is 1. The number of hydrogen-bond donors (Lipinski definition) is 3. The SMILES string of the molecule is CC(C)CC(CNC(=O)c1ccc2c(c1)CNC2)C(=O)O. The Balaban J connectivity index is 1.96. The summed E-state index contributed by atoms with van der Waals surface area (Å²) in [5.41, 5.74) is 2.94. The number of benzene rings is 1. The van der Waals surface area contributed by atoms with Crippen molar-refractivity contribution in [3.05, 3.63) is 34.9 Å². The van der Waals surface area contributed by atoms with E-state index in [1.165, 1.54) is 5.56 Å². The maximum Gasteiger partial charge on any atom is 0.308 e. The van der Waals surface area contributed by atoms with Gasteiger partial charge in [-0.1, -0.05) is 19.9 Å². The predicted octanol–water partition coefficient (Wildman–Crippen LogP) is 1.77. The first-order chi connectivity index (χ1) is 9.97. The van der Waals surface area contributed by atoms with E-state index in [1.54, 1.807) is 6.07 Å². The lowest BCUT2D eigenvalue weighted by Crippen LogP contribution is -2.33. The Labute approximate surface area is 124 Å². The van der Waals surface area contributed by atoms with Crippen LogP contribution in [0.4, 0.5) is 0 Å². The second kappa shape index (κ2) is 6.72. The van der Waals surface area contributed by atoms with E-state index in [9.17, 15) is 14.7 Å². The number of carboxylic acid groups (broad SMARTS) is 1. The summed E-state index contributed by atoms with van der Waals surface area (Å²) >= 11 is 0. The third-order valence-electron chi connectivity index (χ3n) is 3.71. The van der Waals surface area contributed by atoms with Crippen molar-refractivity contribution >= 4 is 11.9 Å². The molecule has 1 aromatic carbocycles. The van der Waals surface area contributed by atoms with Gasteiger partial charge in [0.15, 0.2) is 0 Å². The van der Waals surface area contributed by atoms with Gasteiger partial charge in [-0.2, -0.15) is 0 Å². The molecule has 3 N–H and O–H groups in total. The van der Waals surface area contributed by atoms with Crippen LogP contribution < -0.4 is 10.6 Å². The highest BCUT2D eigenvalue weighted by molar-refractivity contribution is 5.94. The van der Waals surface area contributed by atoms with E-state index in [0.29, 0.717) is 12.0 Å². The molecule has 1 amide bonds. The maximum absolute atomic E-state index is 12.1. The van der Waals surface area contributed by atoms with Crippen molar-refractivity contribution in [2.75, 3.05) is 6.54 Å². The van der Waals surface area contributed by atoms with Crippen LogP contribution in [0.25, 0.3) is 0 Å². The minimum Gasteiger partial charge on any atom is -0.481 e. The first-order valence-electron chi connectivity index (χ1n) is 7.31. The molecule has 0 spiro atoms. The Kier molecular flexibility index (Phi) is 4.96. The van der Waals surface area contributed by atoms with Crippen molar-refractivity contribution in [3.63, 3.8) is 0 Å². The molecule has 2 rings (SSSR count). The van der Waals surface area contributed by atoms with Crippen LogP contribution in [-0.4, -0.2) is 23.5 Å². The molecule has 0 aromatic heterocycles. The molecule has 0 aliphatic carbocycles. The highest BCUT2D eigenvalue weighted by Crippen LogP contribution is 2.17. The Hall–Kier alpha value is -1.88. The van der Waals surface area contributed by atoms with Crippen molar-refractivity contribution in [2.24, 2.45) is 11.8 Å². The Bertz CT molecular complexity index is 540. The van der Waals surface area contributed by atoms with Gasteiger partial charge in [0.1, 0.15) is 0 Å². The van der Waals surface area contributed by atoms with Gasteiger partial charge in [-0.25, -0.2) is 0 Å². The molecule has 0 saturated heterocycles. The molecule has 0 radical (unpaired) electrons. The smallest absolute Gasteiger partial charge is 0.308 e. The predicted molar refractivity (Wildman–Crippen MR) is 79.9 cm³/mol. The van der Waals surface area contributed by atoms with Crippen LogP contribution in [0.15, 0.2) is 18.2 Å². The third kappa shape index (κ3) is 4.04. The molecule has 1 heterocycles. The van der Waals surface area contributed by atoms with Crippen LogP contribution in [0, 0.1) is 11.8 Å². The average Bonchev–Trinajstić information content (AvgIpc) is 2.89. The third-order valence-corrected chi connectivity index (χ3v) is 3.71. The average molecular weight is 290 g/mol. The highest BCUT2D eigenvalue weighted by atomic mass is 16.4. The lowest BCUT2D eigenvalue weighted by Gasteiger charge is -2.15. The molecule has 1 atom stereocenters. The van der Waals surface area contributed by atoms with Gasteiger partial charge in [0.2, 0.25) is 0 Å². The number of nitrogens with one attached hydrogen (secondary N) is 2. The van der Waals surface area contributed by atoms with Gasteiger partial charge in [-0.05, 0) is 35.6 Å². The molecule has 0 saturated carbocycles. The normalized spacial score (nSPS) is 14.8. The van der Waals surface area contributed by atoms with Crippen LogP contribution >= 0.6 is 0 Å². The summed E-state index contributed by atoms with van der Waals surface area (Å²) < 4.78 is 0. The summed E-state index contributed by atoms with van der Waals surface area (Å²) in [5.74, 6) is -1.32. The largest absolute Gasteiger partial charge is 0.481 e. The second-order valence-corrected chi connectivity index (χ2v) is 5.96. The van der Waals surface area contributed by atoms with Crippen LogP contribution in [0.3, 0.4) is 0 Å². The summed E-state index contributed by atoms with van der Waals surface area (Å²) in [7, 11) is 0. The minimum atomic E-state index is -0.859. The summed E-state index contributed by atoms with van der Waals surface area (Å²) in [5, 5.41) is 15.1. The number of amides is 1. The van der Waals surface area contributed by atoms with Crippen molar-refractivity contribution in [1.29, 1.82) is 0 Å². The quantitative estimate of drug-likeness (QED) is 0.746. The van der Waals surface area contributed by atoms with Crippen LogP contribution in [-0.2, 0) is 17.9 Å². The molecule has 0 fully saturated rings.